The standard InChI is InChI=1S/C23H38N4O3.HI/c1-4-24-23(26-18-11-12-27(16-18)15-17-7-5-6-8-17)25-14-21(28)20-13-19(29-2)9-10-22(20)30-3;/h9-10,13,17-18,21,28H,4-8,11-12,14-16H2,1-3H3,(H2,24,25,26);1H. The smallest absolute Gasteiger partial charge is 0.191 e. The lowest BCUT2D eigenvalue weighted by Crippen LogP contribution is -2.45. The van der Waals surface area contributed by atoms with Gasteiger partial charge in [-0.05, 0) is 50.3 Å². The van der Waals surface area contributed by atoms with Gasteiger partial charge >= 0.3 is 0 Å². The predicted molar refractivity (Wildman–Crippen MR) is 136 cm³/mol. The molecule has 1 aliphatic carbocycles. The molecule has 3 N–H and O–H groups in total. The van der Waals surface area contributed by atoms with Gasteiger partial charge in [0.15, 0.2) is 5.96 Å². The van der Waals surface area contributed by atoms with Crippen molar-refractivity contribution in [2.24, 2.45) is 10.9 Å². The number of benzene rings is 1. The second-order valence-corrected chi connectivity index (χ2v) is 8.38. The quantitative estimate of drug-likeness (QED) is 0.251. The van der Waals surface area contributed by atoms with Gasteiger partial charge in [-0.1, -0.05) is 12.8 Å². The topological polar surface area (TPSA) is 78.4 Å². The van der Waals surface area contributed by atoms with Gasteiger partial charge in [0.05, 0.1) is 20.8 Å². The van der Waals surface area contributed by atoms with E-state index in [2.05, 4.69) is 27.4 Å². The highest BCUT2D eigenvalue weighted by molar-refractivity contribution is 14.0. The number of methoxy groups -OCH3 is 2. The maximum Gasteiger partial charge on any atom is 0.191 e. The lowest BCUT2D eigenvalue weighted by atomic mass is 10.1. The number of guanidine groups is 1. The second-order valence-electron chi connectivity index (χ2n) is 8.38. The van der Waals surface area contributed by atoms with Gasteiger partial charge in [-0.2, -0.15) is 0 Å². The van der Waals surface area contributed by atoms with Crippen molar-refractivity contribution in [1.82, 2.24) is 15.5 Å². The van der Waals surface area contributed by atoms with Crippen molar-refractivity contribution in [3.8, 4) is 11.5 Å². The monoisotopic (exact) mass is 546 g/mol. The summed E-state index contributed by atoms with van der Waals surface area (Å²) in [7, 11) is 3.21. The summed E-state index contributed by atoms with van der Waals surface area (Å²) in [6.07, 6.45) is 5.95. The van der Waals surface area contributed by atoms with E-state index in [0.717, 1.165) is 37.9 Å². The number of aliphatic hydroxyl groups is 1. The molecule has 7 nitrogen and oxygen atoms in total. The van der Waals surface area contributed by atoms with Crippen molar-refractivity contribution in [3.63, 3.8) is 0 Å². The molecule has 31 heavy (non-hydrogen) atoms. The number of hydrogen-bond donors (Lipinski definition) is 3. The zero-order valence-electron chi connectivity index (χ0n) is 19.1. The first-order chi connectivity index (χ1) is 14.6. The number of ether oxygens (including phenoxy) is 2. The molecule has 1 aromatic rings. The Kier molecular flexibility index (Phi) is 11.2. The van der Waals surface area contributed by atoms with E-state index in [1.54, 1.807) is 20.3 Å². The summed E-state index contributed by atoms with van der Waals surface area (Å²) in [6.45, 7) is 6.53. The molecule has 2 fully saturated rings. The molecule has 1 aromatic carbocycles. The summed E-state index contributed by atoms with van der Waals surface area (Å²) in [4.78, 5) is 7.23. The van der Waals surface area contributed by atoms with Gasteiger partial charge in [0.1, 0.15) is 17.6 Å². The highest BCUT2D eigenvalue weighted by atomic mass is 127. The predicted octanol–water partition coefficient (Wildman–Crippen LogP) is 3.17. The van der Waals surface area contributed by atoms with E-state index in [-0.39, 0.29) is 30.5 Å². The third-order valence-corrected chi connectivity index (χ3v) is 6.17. The normalized spacial score (nSPS) is 20.9. The Morgan fingerprint density at radius 1 is 1.23 bits per heavy atom. The fourth-order valence-corrected chi connectivity index (χ4v) is 4.56. The minimum Gasteiger partial charge on any atom is -0.497 e. The molecule has 1 saturated carbocycles. The number of aliphatic hydroxyl groups excluding tert-OH is 1. The van der Waals surface area contributed by atoms with Crippen LogP contribution in [0.25, 0.3) is 0 Å². The molecule has 1 aliphatic heterocycles. The number of likely N-dealkylation sites (tertiary alicyclic amines) is 1. The molecule has 2 atom stereocenters. The highest BCUT2D eigenvalue weighted by Crippen LogP contribution is 2.29. The number of halogens is 1. The van der Waals surface area contributed by atoms with Crippen LogP contribution in [0.2, 0.25) is 0 Å². The van der Waals surface area contributed by atoms with Crippen LogP contribution in [-0.4, -0.2) is 69.0 Å². The van der Waals surface area contributed by atoms with Gasteiger partial charge in [-0.15, -0.1) is 24.0 Å². The molecule has 1 saturated heterocycles. The molecular formula is C23H39IN4O3. The van der Waals surface area contributed by atoms with Crippen molar-refractivity contribution in [2.45, 2.75) is 51.2 Å². The molecule has 2 unspecified atom stereocenters. The Hall–Kier alpha value is -1.26. The number of nitrogens with one attached hydrogen (secondary N) is 2. The Labute approximate surface area is 204 Å². The first kappa shape index (κ1) is 26.0. The molecule has 1 heterocycles. The summed E-state index contributed by atoms with van der Waals surface area (Å²) >= 11 is 0. The minimum atomic E-state index is -0.770. The van der Waals surface area contributed by atoms with Gasteiger partial charge in [-0.25, -0.2) is 0 Å². The van der Waals surface area contributed by atoms with E-state index in [0.29, 0.717) is 23.1 Å². The van der Waals surface area contributed by atoms with Gasteiger partial charge in [-0.3, -0.25) is 4.99 Å². The minimum absolute atomic E-state index is 0. The van der Waals surface area contributed by atoms with Gasteiger partial charge in [0.25, 0.3) is 0 Å². The Morgan fingerprint density at radius 3 is 2.68 bits per heavy atom. The van der Waals surface area contributed by atoms with E-state index < -0.39 is 6.10 Å². The van der Waals surface area contributed by atoms with E-state index in [1.165, 1.54) is 32.2 Å². The average Bonchev–Trinajstić information content (AvgIpc) is 3.44. The van der Waals surface area contributed by atoms with Crippen LogP contribution < -0.4 is 20.1 Å². The third kappa shape index (κ3) is 7.68. The lowest BCUT2D eigenvalue weighted by molar-refractivity contribution is 0.182. The van der Waals surface area contributed by atoms with Crippen LogP contribution >= 0.6 is 24.0 Å². The van der Waals surface area contributed by atoms with Crippen LogP contribution in [0.15, 0.2) is 23.2 Å². The van der Waals surface area contributed by atoms with Crippen LogP contribution in [0, 0.1) is 5.92 Å². The molecule has 0 bridgehead atoms. The number of nitrogens with zero attached hydrogens (tertiary/aromatic N) is 2. The van der Waals surface area contributed by atoms with Crippen LogP contribution in [0.5, 0.6) is 11.5 Å². The van der Waals surface area contributed by atoms with E-state index >= 15 is 0 Å². The van der Waals surface area contributed by atoms with Crippen molar-refractivity contribution in [1.29, 1.82) is 0 Å². The molecule has 0 radical (unpaired) electrons. The summed E-state index contributed by atoms with van der Waals surface area (Å²) < 4.78 is 10.7. The van der Waals surface area contributed by atoms with Gasteiger partial charge in [0.2, 0.25) is 0 Å². The number of rotatable bonds is 9. The summed E-state index contributed by atoms with van der Waals surface area (Å²) in [6, 6.07) is 5.83. The fourth-order valence-electron chi connectivity index (χ4n) is 4.56. The molecular weight excluding hydrogens is 507 g/mol. The zero-order chi connectivity index (χ0) is 21.3. The maximum absolute atomic E-state index is 10.7. The molecule has 176 valence electrons. The van der Waals surface area contributed by atoms with Crippen LogP contribution in [0.4, 0.5) is 0 Å². The molecule has 0 amide bonds. The summed E-state index contributed by atoms with van der Waals surface area (Å²) in [5.41, 5.74) is 0.681. The summed E-state index contributed by atoms with van der Waals surface area (Å²) in [5, 5.41) is 17.6. The largest absolute Gasteiger partial charge is 0.497 e. The second kappa shape index (κ2) is 13.3. The van der Waals surface area contributed by atoms with Crippen molar-refractivity contribution in [2.75, 3.05) is 46.9 Å². The molecule has 3 rings (SSSR count). The van der Waals surface area contributed by atoms with Crippen LogP contribution in [0.1, 0.15) is 50.7 Å². The lowest BCUT2D eigenvalue weighted by Gasteiger charge is -2.21. The van der Waals surface area contributed by atoms with Gasteiger partial charge < -0.3 is 30.1 Å². The van der Waals surface area contributed by atoms with E-state index in [1.807, 2.05) is 12.1 Å². The molecule has 0 spiro atoms. The maximum atomic E-state index is 10.7. The SMILES string of the molecule is CCNC(=NCC(O)c1cc(OC)ccc1OC)NC1CCN(CC2CCCC2)C1.I. The van der Waals surface area contributed by atoms with E-state index in [4.69, 9.17) is 9.47 Å². The Balaban J connectivity index is 0.00000341. The van der Waals surface area contributed by atoms with Crippen molar-refractivity contribution >= 4 is 29.9 Å². The van der Waals surface area contributed by atoms with Crippen LogP contribution in [0.3, 0.4) is 0 Å². The van der Waals surface area contributed by atoms with Crippen molar-refractivity contribution < 1.29 is 14.6 Å². The Morgan fingerprint density at radius 2 is 2.00 bits per heavy atom. The third-order valence-electron chi connectivity index (χ3n) is 6.17. The molecule has 2 aliphatic rings. The number of hydrogen-bond acceptors (Lipinski definition) is 5. The van der Waals surface area contributed by atoms with Gasteiger partial charge in [0, 0.05) is 37.8 Å². The molecule has 0 aromatic heterocycles. The fraction of sp³-hybridized carbons (Fsp3) is 0.696. The average molecular weight is 546 g/mol. The summed E-state index contributed by atoms with van der Waals surface area (Å²) in [5.74, 6) is 2.96. The first-order valence-electron chi connectivity index (χ1n) is 11.3. The zero-order valence-corrected chi connectivity index (χ0v) is 21.4. The van der Waals surface area contributed by atoms with Crippen molar-refractivity contribution in [3.05, 3.63) is 23.8 Å². The highest BCUT2D eigenvalue weighted by Gasteiger charge is 2.26. The molecule has 8 heteroatoms. The Bertz CT molecular complexity index is 697. The first-order valence-corrected chi connectivity index (χ1v) is 11.3. The van der Waals surface area contributed by atoms with Crippen LogP contribution in [-0.2, 0) is 0 Å². The number of aliphatic imine (C=N–C) groups is 1. The van der Waals surface area contributed by atoms with E-state index in [9.17, 15) is 5.11 Å².